The van der Waals surface area contributed by atoms with Crippen molar-refractivity contribution in [3.05, 3.63) is 34.9 Å². The Bertz CT molecular complexity index is 394. The second kappa shape index (κ2) is 2.82. The zero-order valence-electron chi connectivity index (χ0n) is 7.95. The largest absolute Gasteiger partial charge is 0.478 e. The van der Waals surface area contributed by atoms with Crippen molar-refractivity contribution in [3.63, 3.8) is 0 Å². The van der Waals surface area contributed by atoms with Gasteiger partial charge in [-0.25, -0.2) is 4.79 Å². The second-order valence-electron chi connectivity index (χ2n) is 3.95. The molecular weight excluding hydrogens is 180 g/mol. The highest BCUT2D eigenvalue weighted by Gasteiger charge is 2.31. The molecule has 1 unspecified atom stereocenters. The molecule has 1 aliphatic rings. The monoisotopic (exact) mass is 192 g/mol. The van der Waals surface area contributed by atoms with E-state index in [1.807, 2.05) is 0 Å². The molecule has 0 spiro atoms. The number of benzene rings is 1. The molecule has 0 aliphatic heterocycles. The lowest BCUT2D eigenvalue weighted by Gasteiger charge is -2.17. The van der Waals surface area contributed by atoms with Crippen molar-refractivity contribution in [1.82, 2.24) is 0 Å². The molecule has 3 heteroatoms. The standard InChI is InChI=1S/C11H12O3/c1-11(14)5-4-7-6-8(10(12)13)2-3-9(7)11/h2-3,6,14H,4-5H2,1H3,(H,12,13). The minimum Gasteiger partial charge on any atom is -0.478 e. The average molecular weight is 192 g/mol. The lowest BCUT2D eigenvalue weighted by Crippen LogP contribution is -2.16. The van der Waals surface area contributed by atoms with Crippen LogP contribution in [-0.4, -0.2) is 16.2 Å². The van der Waals surface area contributed by atoms with Gasteiger partial charge in [-0.05, 0) is 43.0 Å². The molecule has 2 rings (SSSR count). The quantitative estimate of drug-likeness (QED) is 0.709. The van der Waals surface area contributed by atoms with Gasteiger partial charge in [0.25, 0.3) is 0 Å². The van der Waals surface area contributed by atoms with Crippen LogP contribution in [-0.2, 0) is 12.0 Å². The van der Waals surface area contributed by atoms with Crippen LogP contribution < -0.4 is 0 Å². The zero-order valence-corrected chi connectivity index (χ0v) is 7.95. The fourth-order valence-corrected chi connectivity index (χ4v) is 1.97. The van der Waals surface area contributed by atoms with Crippen LogP contribution in [0.5, 0.6) is 0 Å². The minimum absolute atomic E-state index is 0.293. The van der Waals surface area contributed by atoms with Crippen LogP contribution in [0.2, 0.25) is 0 Å². The van der Waals surface area contributed by atoms with E-state index in [4.69, 9.17) is 5.11 Å². The van der Waals surface area contributed by atoms with Crippen molar-refractivity contribution in [2.24, 2.45) is 0 Å². The lowest BCUT2D eigenvalue weighted by atomic mass is 9.97. The predicted molar refractivity (Wildman–Crippen MR) is 51.3 cm³/mol. The summed E-state index contributed by atoms with van der Waals surface area (Å²) >= 11 is 0. The molecule has 1 aromatic rings. The Morgan fingerprint density at radius 3 is 2.86 bits per heavy atom. The van der Waals surface area contributed by atoms with E-state index in [0.29, 0.717) is 12.0 Å². The van der Waals surface area contributed by atoms with Crippen molar-refractivity contribution >= 4 is 5.97 Å². The van der Waals surface area contributed by atoms with Gasteiger partial charge in [0.2, 0.25) is 0 Å². The SMILES string of the molecule is CC1(O)CCc2cc(C(=O)O)ccc21. The highest BCUT2D eigenvalue weighted by Crippen LogP contribution is 2.36. The summed E-state index contributed by atoms with van der Waals surface area (Å²) in [5.74, 6) is -0.917. The van der Waals surface area contributed by atoms with Crippen molar-refractivity contribution in [2.45, 2.75) is 25.4 Å². The van der Waals surface area contributed by atoms with Gasteiger partial charge in [-0.15, -0.1) is 0 Å². The van der Waals surface area contributed by atoms with Crippen molar-refractivity contribution in [1.29, 1.82) is 0 Å². The van der Waals surface area contributed by atoms with Crippen LogP contribution in [0.15, 0.2) is 18.2 Å². The molecule has 0 radical (unpaired) electrons. The first-order valence-corrected chi connectivity index (χ1v) is 4.60. The minimum atomic E-state index is -0.917. The van der Waals surface area contributed by atoms with Crippen LogP contribution in [0.3, 0.4) is 0 Å². The average Bonchev–Trinajstić information content (AvgIpc) is 2.42. The number of aromatic carboxylic acids is 1. The number of aryl methyl sites for hydroxylation is 1. The Hall–Kier alpha value is -1.35. The molecule has 1 aromatic carbocycles. The fraction of sp³-hybridized carbons (Fsp3) is 0.364. The van der Waals surface area contributed by atoms with E-state index in [9.17, 15) is 9.90 Å². The molecule has 0 bridgehead atoms. The van der Waals surface area contributed by atoms with E-state index in [1.54, 1.807) is 25.1 Å². The molecule has 0 aromatic heterocycles. The van der Waals surface area contributed by atoms with Crippen LogP contribution in [0.1, 0.15) is 34.8 Å². The van der Waals surface area contributed by atoms with Gasteiger partial charge in [-0.1, -0.05) is 6.07 Å². The Labute approximate surface area is 82.0 Å². The van der Waals surface area contributed by atoms with Crippen molar-refractivity contribution in [3.8, 4) is 0 Å². The number of rotatable bonds is 1. The number of carboxylic acid groups (broad SMARTS) is 1. The molecule has 3 nitrogen and oxygen atoms in total. The summed E-state index contributed by atoms with van der Waals surface area (Å²) in [7, 11) is 0. The third-order valence-electron chi connectivity index (χ3n) is 2.81. The Kier molecular flexibility index (Phi) is 1.86. The summed E-state index contributed by atoms with van der Waals surface area (Å²) in [4.78, 5) is 10.7. The summed E-state index contributed by atoms with van der Waals surface area (Å²) < 4.78 is 0. The second-order valence-corrected chi connectivity index (χ2v) is 3.95. The van der Waals surface area contributed by atoms with Crippen molar-refractivity contribution in [2.75, 3.05) is 0 Å². The van der Waals surface area contributed by atoms with Crippen LogP contribution >= 0.6 is 0 Å². The third kappa shape index (κ3) is 1.30. The molecule has 0 fully saturated rings. The van der Waals surface area contributed by atoms with E-state index in [2.05, 4.69) is 0 Å². The van der Waals surface area contributed by atoms with Gasteiger partial charge >= 0.3 is 5.97 Å². The van der Waals surface area contributed by atoms with Gasteiger partial charge in [0, 0.05) is 0 Å². The third-order valence-corrected chi connectivity index (χ3v) is 2.81. The Morgan fingerprint density at radius 1 is 1.50 bits per heavy atom. The Balaban J connectivity index is 2.49. The number of hydrogen-bond acceptors (Lipinski definition) is 2. The van der Waals surface area contributed by atoms with Gasteiger partial charge in [-0.3, -0.25) is 0 Å². The van der Waals surface area contributed by atoms with E-state index in [0.717, 1.165) is 17.5 Å². The molecule has 1 atom stereocenters. The summed E-state index contributed by atoms with van der Waals surface area (Å²) in [6.07, 6.45) is 1.43. The Morgan fingerprint density at radius 2 is 2.21 bits per heavy atom. The normalized spacial score (nSPS) is 24.7. The summed E-state index contributed by atoms with van der Waals surface area (Å²) in [6, 6.07) is 4.91. The molecule has 0 saturated carbocycles. The van der Waals surface area contributed by atoms with Crippen LogP contribution in [0.25, 0.3) is 0 Å². The molecular formula is C11H12O3. The molecule has 0 heterocycles. The van der Waals surface area contributed by atoms with Crippen LogP contribution in [0.4, 0.5) is 0 Å². The van der Waals surface area contributed by atoms with Gasteiger partial charge in [0.15, 0.2) is 0 Å². The first-order valence-electron chi connectivity index (χ1n) is 4.60. The molecule has 14 heavy (non-hydrogen) atoms. The zero-order chi connectivity index (χ0) is 10.3. The number of hydrogen-bond donors (Lipinski definition) is 2. The van der Waals surface area contributed by atoms with E-state index >= 15 is 0 Å². The van der Waals surface area contributed by atoms with Gasteiger partial charge < -0.3 is 10.2 Å². The summed E-state index contributed by atoms with van der Waals surface area (Å²) in [6.45, 7) is 1.76. The smallest absolute Gasteiger partial charge is 0.335 e. The van der Waals surface area contributed by atoms with Gasteiger partial charge in [-0.2, -0.15) is 0 Å². The first-order chi connectivity index (χ1) is 6.50. The number of fused-ring (bicyclic) bond motifs is 1. The van der Waals surface area contributed by atoms with Crippen molar-refractivity contribution < 1.29 is 15.0 Å². The maximum Gasteiger partial charge on any atom is 0.335 e. The topological polar surface area (TPSA) is 57.5 Å². The molecule has 0 amide bonds. The van der Waals surface area contributed by atoms with Crippen LogP contribution in [0, 0.1) is 0 Å². The predicted octanol–water partition coefficient (Wildman–Crippen LogP) is 1.54. The lowest BCUT2D eigenvalue weighted by molar-refractivity contribution is 0.0592. The summed E-state index contributed by atoms with van der Waals surface area (Å²) in [5, 5.41) is 18.7. The van der Waals surface area contributed by atoms with E-state index < -0.39 is 11.6 Å². The highest BCUT2D eigenvalue weighted by molar-refractivity contribution is 5.88. The number of carbonyl (C=O) groups is 1. The molecule has 2 N–H and O–H groups in total. The number of carboxylic acids is 1. The van der Waals surface area contributed by atoms with Gasteiger partial charge in [0.1, 0.15) is 0 Å². The molecule has 74 valence electrons. The molecule has 0 saturated heterocycles. The van der Waals surface area contributed by atoms with E-state index in [-0.39, 0.29) is 0 Å². The van der Waals surface area contributed by atoms with Gasteiger partial charge in [0.05, 0.1) is 11.2 Å². The van der Waals surface area contributed by atoms with E-state index in [1.165, 1.54) is 0 Å². The molecule has 1 aliphatic carbocycles. The highest BCUT2D eigenvalue weighted by atomic mass is 16.4. The maximum absolute atomic E-state index is 10.7. The maximum atomic E-state index is 10.7. The summed E-state index contributed by atoms with van der Waals surface area (Å²) in [5.41, 5.74) is 1.32. The first kappa shape index (κ1) is 9.21. The number of aliphatic hydroxyl groups is 1. The fourth-order valence-electron chi connectivity index (χ4n) is 1.97.